The fraction of sp³-hybridized carbons (Fsp3) is 0.0833. The van der Waals surface area contributed by atoms with Crippen LogP contribution in [-0.2, 0) is 16.2 Å². The van der Waals surface area contributed by atoms with Gasteiger partial charge in [-0.3, -0.25) is 9.97 Å². The van der Waals surface area contributed by atoms with Gasteiger partial charge >= 0.3 is 6.15 Å². The van der Waals surface area contributed by atoms with Crippen LogP contribution in [0.3, 0.4) is 0 Å². The fourth-order valence-electron chi connectivity index (χ4n) is 0.905. The Balaban J connectivity index is 0.000000289. The molecule has 0 unspecified atom stereocenters. The maximum Gasteiger partial charge on any atom is 0.373 e. The molecule has 0 spiro atoms. The minimum absolute atomic E-state index is 0.0275. The van der Waals surface area contributed by atoms with Gasteiger partial charge in [-0.25, -0.2) is 0 Å². The summed E-state index contributed by atoms with van der Waals surface area (Å²) in [5, 5.41) is 8.53. The molecular formula is C12H14N4O3. The molecule has 7 nitrogen and oxygen atoms in total. The van der Waals surface area contributed by atoms with Crippen molar-refractivity contribution in [2.24, 2.45) is 0 Å². The third-order valence-electron chi connectivity index (χ3n) is 1.69. The number of carbonyl (C=O) groups excluding carboxylic acids is 2. The van der Waals surface area contributed by atoms with Gasteiger partial charge in [0, 0.05) is 12.4 Å². The van der Waals surface area contributed by atoms with Crippen LogP contribution in [0.5, 0.6) is 0 Å². The second kappa shape index (κ2) is 10.4. The van der Waals surface area contributed by atoms with Crippen LogP contribution >= 0.6 is 0 Å². The van der Waals surface area contributed by atoms with Gasteiger partial charge in [-0.1, -0.05) is 0 Å². The number of rotatable bonds is 1. The van der Waals surface area contributed by atoms with Crippen LogP contribution < -0.4 is 11.5 Å². The van der Waals surface area contributed by atoms with Crippen LogP contribution in [0.1, 0.15) is 5.69 Å². The summed E-state index contributed by atoms with van der Waals surface area (Å²) in [6, 6.07) is 7.00. The van der Waals surface area contributed by atoms with Crippen LogP contribution in [0, 0.1) is 0 Å². The normalized spacial score (nSPS) is 8.05. The Morgan fingerprint density at radius 1 is 1.11 bits per heavy atom. The maximum absolute atomic E-state index is 8.53. The standard InChI is InChI=1S/C6H8N2O.C5H6N2.CO2/c7-5-1-2-6(4-9)8-3-5;6-5-2-1-3-7-4-5;2-1-3/h1-3,9H,4,7H2;1-4H,6H2;. The van der Waals surface area contributed by atoms with E-state index in [2.05, 4.69) is 9.97 Å². The van der Waals surface area contributed by atoms with E-state index in [0.717, 1.165) is 0 Å². The average molecular weight is 262 g/mol. The van der Waals surface area contributed by atoms with Gasteiger partial charge in [-0.2, -0.15) is 9.59 Å². The number of aliphatic hydroxyl groups is 1. The third-order valence-corrected chi connectivity index (χ3v) is 1.69. The lowest BCUT2D eigenvalue weighted by Gasteiger charge is -1.93. The molecule has 0 fully saturated rings. The molecule has 2 aromatic heterocycles. The first-order valence-corrected chi connectivity index (χ1v) is 5.10. The smallest absolute Gasteiger partial charge is 0.373 e. The van der Waals surface area contributed by atoms with E-state index in [0.29, 0.717) is 17.1 Å². The highest BCUT2D eigenvalue weighted by Crippen LogP contribution is 1.99. The Morgan fingerprint density at radius 3 is 2.05 bits per heavy atom. The second-order valence-corrected chi connectivity index (χ2v) is 3.11. The summed E-state index contributed by atoms with van der Waals surface area (Å²) in [6.07, 6.45) is 5.07. The Kier molecular flexibility index (Phi) is 8.89. The van der Waals surface area contributed by atoms with Gasteiger partial charge in [0.1, 0.15) is 0 Å². The van der Waals surface area contributed by atoms with Gasteiger partial charge in [0.05, 0.1) is 29.9 Å². The lowest BCUT2D eigenvalue weighted by molar-refractivity contribution is -0.191. The molecule has 0 atom stereocenters. The molecule has 0 saturated carbocycles. The summed E-state index contributed by atoms with van der Waals surface area (Å²) >= 11 is 0. The van der Waals surface area contributed by atoms with E-state index in [1.54, 1.807) is 36.7 Å². The van der Waals surface area contributed by atoms with Crippen LogP contribution in [-0.4, -0.2) is 21.2 Å². The van der Waals surface area contributed by atoms with Crippen molar-refractivity contribution in [1.82, 2.24) is 9.97 Å². The SMILES string of the molecule is Nc1ccc(CO)nc1.Nc1cccnc1.O=C=O. The van der Waals surface area contributed by atoms with Crippen LogP contribution in [0.15, 0.2) is 42.9 Å². The Labute approximate surface area is 109 Å². The molecule has 0 aliphatic heterocycles. The van der Waals surface area contributed by atoms with Crippen molar-refractivity contribution in [2.75, 3.05) is 11.5 Å². The van der Waals surface area contributed by atoms with Crippen LogP contribution in [0.4, 0.5) is 11.4 Å². The van der Waals surface area contributed by atoms with E-state index in [-0.39, 0.29) is 12.8 Å². The monoisotopic (exact) mass is 262 g/mol. The maximum atomic E-state index is 8.53. The Morgan fingerprint density at radius 2 is 1.74 bits per heavy atom. The molecule has 0 bridgehead atoms. The molecule has 0 radical (unpaired) electrons. The predicted octanol–water partition coefficient (Wildman–Crippen LogP) is 0.236. The highest BCUT2D eigenvalue weighted by Gasteiger charge is 1.87. The topological polar surface area (TPSA) is 132 Å². The first kappa shape index (κ1) is 16.2. The molecule has 0 saturated heterocycles. The van der Waals surface area contributed by atoms with Crippen LogP contribution in [0.25, 0.3) is 0 Å². The van der Waals surface area contributed by atoms with Crippen LogP contribution in [0.2, 0.25) is 0 Å². The van der Waals surface area contributed by atoms with Crippen molar-refractivity contribution in [3.63, 3.8) is 0 Å². The molecule has 19 heavy (non-hydrogen) atoms. The van der Waals surface area contributed by atoms with Gasteiger partial charge in [-0.15, -0.1) is 0 Å². The van der Waals surface area contributed by atoms with Gasteiger partial charge in [0.25, 0.3) is 0 Å². The molecule has 5 N–H and O–H groups in total. The lowest BCUT2D eigenvalue weighted by atomic mass is 10.3. The summed E-state index contributed by atoms with van der Waals surface area (Å²) in [5.74, 6) is 0. The number of aliphatic hydroxyl groups excluding tert-OH is 1. The summed E-state index contributed by atoms with van der Waals surface area (Å²) < 4.78 is 0. The molecule has 2 rings (SSSR count). The molecule has 100 valence electrons. The number of hydrogen-bond donors (Lipinski definition) is 3. The van der Waals surface area contributed by atoms with Crippen molar-refractivity contribution in [1.29, 1.82) is 0 Å². The molecule has 0 amide bonds. The van der Waals surface area contributed by atoms with Gasteiger partial charge < -0.3 is 16.6 Å². The van der Waals surface area contributed by atoms with E-state index >= 15 is 0 Å². The Bertz CT molecular complexity index is 482. The fourth-order valence-corrected chi connectivity index (χ4v) is 0.905. The predicted molar refractivity (Wildman–Crippen MR) is 68.2 cm³/mol. The van der Waals surface area contributed by atoms with Crippen molar-refractivity contribution < 1.29 is 14.7 Å². The summed E-state index contributed by atoms with van der Waals surface area (Å²) in [4.78, 5) is 23.8. The number of pyridine rings is 2. The molecule has 0 aromatic carbocycles. The lowest BCUT2D eigenvalue weighted by Crippen LogP contribution is -1.90. The van der Waals surface area contributed by atoms with E-state index in [1.807, 2.05) is 0 Å². The average Bonchev–Trinajstić information content (AvgIpc) is 2.42. The molecule has 0 aliphatic carbocycles. The summed E-state index contributed by atoms with van der Waals surface area (Å²) in [7, 11) is 0. The Hall–Kier alpha value is -2.76. The number of hydrogen-bond acceptors (Lipinski definition) is 7. The minimum atomic E-state index is -0.0275. The van der Waals surface area contributed by atoms with Crippen molar-refractivity contribution >= 4 is 17.5 Å². The highest BCUT2D eigenvalue weighted by molar-refractivity contribution is 5.34. The first-order valence-electron chi connectivity index (χ1n) is 5.10. The quantitative estimate of drug-likeness (QED) is 0.670. The molecular weight excluding hydrogens is 248 g/mol. The molecule has 2 heterocycles. The van der Waals surface area contributed by atoms with E-state index in [1.165, 1.54) is 6.20 Å². The van der Waals surface area contributed by atoms with E-state index in [9.17, 15) is 0 Å². The second-order valence-electron chi connectivity index (χ2n) is 3.11. The zero-order valence-corrected chi connectivity index (χ0v) is 10.1. The highest BCUT2D eigenvalue weighted by atomic mass is 16.3. The molecule has 0 aliphatic rings. The molecule has 7 heteroatoms. The van der Waals surface area contributed by atoms with E-state index < -0.39 is 0 Å². The zero-order chi connectivity index (χ0) is 14.5. The molecule has 2 aromatic rings. The van der Waals surface area contributed by atoms with Crippen molar-refractivity contribution in [3.8, 4) is 0 Å². The number of aromatic nitrogens is 2. The first-order chi connectivity index (χ1) is 9.13. The number of anilines is 2. The van der Waals surface area contributed by atoms with Gasteiger partial charge in [-0.05, 0) is 24.3 Å². The third kappa shape index (κ3) is 8.99. The van der Waals surface area contributed by atoms with E-state index in [4.69, 9.17) is 26.2 Å². The number of nitrogens with zero attached hydrogens (tertiary/aromatic N) is 2. The number of nitrogens with two attached hydrogens (primary N) is 2. The van der Waals surface area contributed by atoms with Gasteiger partial charge in [0.15, 0.2) is 0 Å². The van der Waals surface area contributed by atoms with Gasteiger partial charge in [0.2, 0.25) is 0 Å². The largest absolute Gasteiger partial charge is 0.397 e. The zero-order valence-electron chi connectivity index (χ0n) is 10.1. The summed E-state index contributed by atoms with van der Waals surface area (Å²) in [6.45, 7) is -0.0275. The van der Waals surface area contributed by atoms with Crippen molar-refractivity contribution in [3.05, 3.63) is 48.5 Å². The van der Waals surface area contributed by atoms with Crippen molar-refractivity contribution in [2.45, 2.75) is 6.61 Å². The summed E-state index contributed by atoms with van der Waals surface area (Å²) in [5.41, 5.74) is 12.6. The minimum Gasteiger partial charge on any atom is -0.397 e. The number of nitrogen functional groups attached to an aromatic ring is 2.